The molecule has 0 saturated carbocycles. The fourth-order valence-electron chi connectivity index (χ4n) is 3.16. The second-order valence-electron chi connectivity index (χ2n) is 7.17. The summed E-state index contributed by atoms with van der Waals surface area (Å²) < 4.78 is 83.5. The van der Waals surface area contributed by atoms with Crippen molar-refractivity contribution >= 4 is 23.2 Å². The van der Waals surface area contributed by atoms with Gasteiger partial charge >= 0.3 is 12.4 Å². The van der Waals surface area contributed by atoms with E-state index >= 15 is 0 Å². The average molecular weight is 460 g/mol. The van der Waals surface area contributed by atoms with Gasteiger partial charge < -0.3 is 15.4 Å². The molecule has 0 aromatic heterocycles. The van der Waals surface area contributed by atoms with Gasteiger partial charge in [-0.05, 0) is 48.7 Å². The fraction of sp³-hybridized carbons (Fsp3) is 0.333. The molecule has 1 aliphatic rings. The molecule has 1 heterocycles. The number of hydrogen-bond acceptors (Lipinski definition) is 3. The van der Waals surface area contributed by atoms with E-state index in [1.54, 1.807) is 0 Å². The zero-order valence-electron chi connectivity index (χ0n) is 16.4. The number of carbonyl (C=O) groups excluding carboxylic acids is 2. The Hall–Kier alpha value is -3.08. The van der Waals surface area contributed by atoms with Crippen LogP contribution in [-0.4, -0.2) is 24.5 Å². The van der Waals surface area contributed by atoms with E-state index in [1.165, 1.54) is 6.07 Å². The second-order valence-corrected chi connectivity index (χ2v) is 7.17. The first-order chi connectivity index (χ1) is 14.9. The van der Waals surface area contributed by atoms with Crippen LogP contribution in [-0.2, 0) is 33.1 Å². The summed E-state index contributed by atoms with van der Waals surface area (Å²) in [6, 6.07) is 6.63. The van der Waals surface area contributed by atoms with Gasteiger partial charge in [0, 0.05) is 12.3 Å². The lowest BCUT2D eigenvalue weighted by Crippen LogP contribution is -2.27. The Morgan fingerprint density at radius 3 is 2.19 bits per heavy atom. The van der Waals surface area contributed by atoms with E-state index in [0.717, 1.165) is 30.3 Å². The average Bonchev–Trinajstić information content (AvgIpc) is 3.23. The zero-order chi connectivity index (χ0) is 23.5. The van der Waals surface area contributed by atoms with Crippen molar-refractivity contribution in [2.24, 2.45) is 0 Å². The highest BCUT2D eigenvalue weighted by molar-refractivity contribution is 5.96. The molecule has 2 amide bonds. The van der Waals surface area contributed by atoms with Gasteiger partial charge in [-0.2, -0.15) is 26.3 Å². The molecule has 1 saturated heterocycles. The third-order valence-corrected chi connectivity index (χ3v) is 4.73. The van der Waals surface area contributed by atoms with E-state index in [9.17, 15) is 35.9 Å². The quantitative estimate of drug-likeness (QED) is 0.616. The molecule has 172 valence electrons. The predicted molar refractivity (Wildman–Crippen MR) is 103 cm³/mol. The monoisotopic (exact) mass is 460 g/mol. The van der Waals surface area contributed by atoms with Crippen LogP contribution in [0, 0.1) is 0 Å². The number of halogens is 6. The van der Waals surface area contributed by atoms with E-state index in [1.807, 2.05) is 0 Å². The molecule has 2 N–H and O–H groups in total. The third-order valence-electron chi connectivity index (χ3n) is 4.73. The summed E-state index contributed by atoms with van der Waals surface area (Å²) in [4.78, 5) is 24.3. The number of rotatable bonds is 5. The van der Waals surface area contributed by atoms with Crippen LogP contribution in [0.15, 0.2) is 42.5 Å². The predicted octanol–water partition coefficient (Wildman–Crippen LogP) is 5.02. The molecule has 11 heteroatoms. The molecule has 1 fully saturated rings. The highest BCUT2D eigenvalue weighted by Crippen LogP contribution is 2.37. The van der Waals surface area contributed by atoms with Gasteiger partial charge in [0.1, 0.15) is 6.10 Å². The summed E-state index contributed by atoms with van der Waals surface area (Å²) in [5, 5.41) is 4.49. The molecule has 0 bridgehead atoms. The van der Waals surface area contributed by atoms with Gasteiger partial charge in [-0.1, -0.05) is 12.1 Å². The maximum atomic E-state index is 13.5. The van der Waals surface area contributed by atoms with Gasteiger partial charge in [-0.3, -0.25) is 9.59 Å². The Balaban J connectivity index is 1.72. The maximum Gasteiger partial charge on any atom is 0.418 e. The van der Waals surface area contributed by atoms with Crippen LogP contribution in [0.5, 0.6) is 0 Å². The summed E-state index contributed by atoms with van der Waals surface area (Å²) in [6.07, 6.45) is -9.38. The van der Waals surface area contributed by atoms with Crippen LogP contribution < -0.4 is 10.6 Å². The molecule has 1 aliphatic heterocycles. The van der Waals surface area contributed by atoms with Gasteiger partial charge in [0.05, 0.1) is 23.2 Å². The molecule has 0 spiro atoms. The minimum absolute atomic E-state index is 0.112. The lowest BCUT2D eigenvalue weighted by molar-refractivity contribution is -0.138. The topological polar surface area (TPSA) is 67.4 Å². The fourth-order valence-corrected chi connectivity index (χ4v) is 3.16. The lowest BCUT2D eigenvalue weighted by Gasteiger charge is -2.17. The van der Waals surface area contributed by atoms with E-state index in [0.29, 0.717) is 25.5 Å². The number of hydrogen-bond donors (Lipinski definition) is 2. The van der Waals surface area contributed by atoms with Crippen molar-refractivity contribution in [3.63, 3.8) is 0 Å². The minimum Gasteiger partial charge on any atom is -0.368 e. The Morgan fingerprint density at radius 1 is 0.938 bits per heavy atom. The molecule has 1 atom stereocenters. The molecule has 1 unspecified atom stereocenters. The summed E-state index contributed by atoms with van der Waals surface area (Å²) in [6.45, 7) is 0.399. The highest BCUT2D eigenvalue weighted by Gasteiger charge is 2.35. The first-order valence-corrected chi connectivity index (χ1v) is 9.53. The van der Waals surface area contributed by atoms with E-state index in [4.69, 9.17) is 4.74 Å². The normalized spacial score (nSPS) is 16.6. The number of alkyl halides is 6. The highest BCUT2D eigenvalue weighted by atomic mass is 19.4. The lowest BCUT2D eigenvalue weighted by atomic mass is 10.1. The number of amides is 2. The van der Waals surface area contributed by atoms with Crippen molar-refractivity contribution in [1.82, 2.24) is 0 Å². The van der Waals surface area contributed by atoms with E-state index in [-0.39, 0.29) is 11.3 Å². The minimum atomic E-state index is -4.83. The van der Waals surface area contributed by atoms with Crippen molar-refractivity contribution in [3.05, 3.63) is 59.2 Å². The zero-order valence-corrected chi connectivity index (χ0v) is 16.4. The van der Waals surface area contributed by atoms with Crippen LogP contribution in [0.4, 0.5) is 37.7 Å². The molecule has 32 heavy (non-hydrogen) atoms. The van der Waals surface area contributed by atoms with Gasteiger partial charge in [0.2, 0.25) is 5.91 Å². The smallest absolute Gasteiger partial charge is 0.368 e. The molecular formula is C21H18F6N2O3. The summed E-state index contributed by atoms with van der Waals surface area (Å²) in [5.41, 5.74) is -2.53. The first-order valence-electron chi connectivity index (χ1n) is 9.53. The van der Waals surface area contributed by atoms with Crippen LogP contribution in [0.1, 0.15) is 29.5 Å². The van der Waals surface area contributed by atoms with Crippen molar-refractivity contribution < 1.29 is 40.7 Å². The van der Waals surface area contributed by atoms with Crippen LogP contribution in [0.2, 0.25) is 0 Å². The molecule has 2 aromatic rings. The number of ether oxygens (including phenoxy) is 1. The number of carbonyl (C=O) groups is 2. The van der Waals surface area contributed by atoms with Gasteiger partial charge in [-0.25, -0.2) is 0 Å². The molecular weight excluding hydrogens is 442 g/mol. The third kappa shape index (κ3) is 6.00. The molecule has 3 rings (SSSR count). The number of benzene rings is 2. The van der Waals surface area contributed by atoms with Crippen molar-refractivity contribution in [1.29, 1.82) is 0 Å². The Kier molecular flexibility index (Phi) is 6.77. The Bertz CT molecular complexity index is 981. The Labute approximate surface area is 178 Å². The molecule has 5 nitrogen and oxygen atoms in total. The molecule has 0 aliphatic carbocycles. The van der Waals surface area contributed by atoms with E-state index in [2.05, 4.69) is 10.6 Å². The first kappa shape index (κ1) is 23.6. The van der Waals surface area contributed by atoms with Crippen LogP contribution in [0.3, 0.4) is 0 Å². The number of anilines is 2. The largest absolute Gasteiger partial charge is 0.418 e. The summed E-state index contributed by atoms with van der Waals surface area (Å²) in [7, 11) is 0. The van der Waals surface area contributed by atoms with Crippen molar-refractivity contribution in [3.8, 4) is 0 Å². The number of nitrogens with one attached hydrogen (secondary N) is 2. The molecule has 0 radical (unpaired) electrons. The second kappa shape index (κ2) is 9.19. The maximum absolute atomic E-state index is 13.5. The van der Waals surface area contributed by atoms with E-state index < -0.39 is 53.5 Å². The summed E-state index contributed by atoms with van der Waals surface area (Å²) >= 11 is 0. The van der Waals surface area contributed by atoms with Crippen molar-refractivity contribution in [2.45, 2.75) is 37.7 Å². The summed E-state index contributed by atoms with van der Waals surface area (Å²) in [5.74, 6) is -1.40. The molecule has 2 aromatic carbocycles. The van der Waals surface area contributed by atoms with Gasteiger partial charge in [-0.15, -0.1) is 0 Å². The van der Waals surface area contributed by atoms with Crippen LogP contribution >= 0.6 is 0 Å². The Morgan fingerprint density at radius 2 is 1.62 bits per heavy atom. The van der Waals surface area contributed by atoms with Gasteiger partial charge in [0.15, 0.2) is 0 Å². The SMILES string of the molecule is O=C(Cc1ccc(C(F)(F)F)cc1)Nc1ccc(NC(=O)C2CCCO2)cc1C(F)(F)F. The van der Waals surface area contributed by atoms with Crippen molar-refractivity contribution in [2.75, 3.05) is 17.2 Å². The van der Waals surface area contributed by atoms with Gasteiger partial charge in [0.25, 0.3) is 5.91 Å². The van der Waals surface area contributed by atoms with Crippen LogP contribution in [0.25, 0.3) is 0 Å². The standard InChI is InChI=1S/C21H18F6N2O3/c22-20(23,24)13-5-3-12(4-6-13)10-18(30)29-16-8-7-14(11-15(16)21(25,26)27)28-19(31)17-2-1-9-32-17/h3-8,11,17H,1-2,9-10H2,(H,28,31)(H,29,30).